The lowest BCUT2D eigenvalue weighted by Gasteiger charge is -2.24. The molecule has 4 rings (SSSR count). The number of aliphatic hydroxyl groups excluding tert-OH is 1. The van der Waals surface area contributed by atoms with Crippen molar-refractivity contribution in [2.45, 2.75) is 12.6 Å². The number of likely N-dealkylation sites (tertiary alicyclic amines) is 1. The molecule has 0 spiro atoms. The highest BCUT2D eigenvalue weighted by Gasteiger charge is 2.46. The number of methoxy groups -OCH3 is 1. The second kappa shape index (κ2) is 8.08. The van der Waals surface area contributed by atoms with Gasteiger partial charge in [0.15, 0.2) is 0 Å². The van der Waals surface area contributed by atoms with Crippen molar-refractivity contribution in [2.75, 3.05) is 7.11 Å². The summed E-state index contributed by atoms with van der Waals surface area (Å²) >= 11 is 6.10. The van der Waals surface area contributed by atoms with Gasteiger partial charge in [0.25, 0.3) is 11.7 Å². The van der Waals surface area contributed by atoms with Gasteiger partial charge in [-0.15, -0.1) is 0 Å². The smallest absolute Gasteiger partial charge is 0.296 e. The molecule has 30 heavy (non-hydrogen) atoms. The molecule has 1 unspecified atom stereocenters. The summed E-state index contributed by atoms with van der Waals surface area (Å²) in [4.78, 5) is 27.3. The fourth-order valence-corrected chi connectivity index (χ4v) is 3.78. The zero-order chi connectivity index (χ0) is 21.3. The fourth-order valence-electron chi connectivity index (χ4n) is 3.61. The number of rotatable bonds is 5. The quantitative estimate of drug-likeness (QED) is 0.369. The third-order valence-corrected chi connectivity index (χ3v) is 5.21. The van der Waals surface area contributed by atoms with Gasteiger partial charge >= 0.3 is 0 Å². The molecule has 3 aromatic rings. The van der Waals surface area contributed by atoms with Crippen molar-refractivity contribution in [1.29, 1.82) is 0 Å². The summed E-state index contributed by atoms with van der Waals surface area (Å²) in [5.74, 6) is -0.986. The number of hydrogen-bond acceptors (Lipinski definition) is 5. The molecule has 1 aliphatic rings. The molecule has 1 aromatic heterocycles. The highest BCUT2D eigenvalue weighted by Crippen LogP contribution is 2.42. The molecular formula is C23H18ClNO5. The summed E-state index contributed by atoms with van der Waals surface area (Å²) in [6, 6.07) is 16.4. The zero-order valence-electron chi connectivity index (χ0n) is 16.0. The van der Waals surface area contributed by atoms with Crippen molar-refractivity contribution in [3.63, 3.8) is 0 Å². The van der Waals surface area contributed by atoms with Gasteiger partial charge in [-0.1, -0.05) is 41.9 Å². The first kappa shape index (κ1) is 19.8. The average Bonchev–Trinajstić information content (AvgIpc) is 3.36. The van der Waals surface area contributed by atoms with E-state index in [1.807, 2.05) is 18.2 Å². The predicted octanol–water partition coefficient (Wildman–Crippen LogP) is 4.56. The van der Waals surface area contributed by atoms with Gasteiger partial charge in [0.1, 0.15) is 17.3 Å². The van der Waals surface area contributed by atoms with E-state index in [9.17, 15) is 14.7 Å². The fraction of sp³-hybridized carbons (Fsp3) is 0.130. The number of carbonyl (C=O) groups excluding carboxylic acids is 2. The van der Waals surface area contributed by atoms with Crippen LogP contribution in [0.4, 0.5) is 0 Å². The van der Waals surface area contributed by atoms with E-state index in [-0.39, 0.29) is 23.4 Å². The number of benzene rings is 2. The summed E-state index contributed by atoms with van der Waals surface area (Å²) < 4.78 is 10.7. The molecule has 1 fully saturated rings. The molecule has 0 radical (unpaired) electrons. The maximum absolute atomic E-state index is 13.0. The van der Waals surface area contributed by atoms with Gasteiger partial charge in [0, 0.05) is 5.02 Å². The van der Waals surface area contributed by atoms with Crippen LogP contribution in [0.1, 0.15) is 22.9 Å². The lowest BCUT2D eigenvalue weighted by Crippen LogP contribution is -2.29. The maximum Gasteiger partial charge on any atom is 0.296 e. The molecule has 1 N–H and O–H groups in total. The lowest BCUT2D eigenvalue weighted by atomic mass is 9.95. The van der Waals surface area contributed by atoms with Crippen LogP contribution < -0.4 is 4.74 Å². The number of halogens is 1. The van der Waals surface area contributed by atoms with Crippen LogP contribution in [0.15, 0.2) is 76.9 Å². The maximum atomic E-state index is 13.0. The van der Waals surface area contributed by atoms with Crippen molar-refractivity contribution in [1.82, 2.24) is 4.90 Å². The monoisotopic (exact) mass is 423 g/mol. The Bertz CT molecular complexity index is 1120. The first-order valence-electron chi connectivity index (χ1n) is 9.21. The van der Waals surface area contributed by atoms with E-state index in [1.54, 1.807) is 36.4 Å². The van der Waals surface area contributed by atoms with E-state index in [2.05, 4.69) is 0 Å². The van der Waals surface area contributed by atoms with Crippen LogP contribution in [-0.2, 0) is 16.1 Å². The highest BCUT2D eigenvalue weighted by molar-refractivity contribution is 6.46. The van der Waals surface area contributed by atoms with Crippen LogP contribution >= 0.6 is 11.6 Å². The number of Topliss-reactive ketones (excluding diaryl/α,β-unsaturated/α-hetero) is 1. The van der Waals surface area contributed by atoms with E-state index in [0.29, 0.717) is 22.1 Å². The Labute approximate surface area is 177 Å². The van der Waals surface area contributed by atoms with Gasteiger partial charge in [-0.05, 0) is 35.9 Å². The molecule has 1 saturated heterocycles. The number of furan rings is 1. The Kier molecular flexibility index (Phi) is 5.33. The van der Waals surface area contributed by atoms with Gasteiger partial charge in [0.2, 0.25) is 0 Å². The van der Waals surface area contributed by atoms with Crippen LogP contribution in [0, 0.1) is 0 Å². The summed E-state index contributed by atoms with van der Waals surface area (Å²) in [6.45, 7) is 0.0839. The number of nitrogens with zero attached hydrogens (tertiary/aromatic N) is 1. The Morgan fingerprint density at radius 2 is 1.90 bits per heavy atom. The molecule has 2 heterocycles. The molecule has 2 aromatic carbocycles. The number of ketones is 1. The van der Waals surface area contributed by atoms with Crippen molar-refractivity contribution >= 4 is 29.1 Å². The average molecular weight is 424 g/mol. The van der Waals surface area contributed by atoms with Crippen LogP contribution in [0.5, 0.6) is 5.75 Å². The summed E-state index contributed by atoms with van der Waals surface area (Å²) in [5, 5.41) is 11.5. The molecule has 6 nitrogen and oxygen atoms in total. The van der Waals surface area contributed by atoms with Gasteiger partial charge < -0.3 is 19.2 Å². The summed E-state index contributed by atoms with van der Waals surface area (Å²) in [6.07, 6.45) is 1.50. The number of aliphatic hydroxyl groups is 1. The SMILES string of the molecule is COc1ccc(Cl)cc1/C(O)=C1\C(=O)C(=O)N(Cc2ccco2)C1c1ccccc1. The standard InChI is InChI=1S/C23H18ClNO5/c1-29-18-10-9-15(24)12-17(18)21(26)19-20(14-6-3-2-4-7-14)25(23(28)22(19)27)13-16-8-5-11-30-16/h2-12,20,26H,13H2,1H3/b21-19+. The van der Waals surface area contributed by atoms with E-state index in [4.69, 9.17) is 20.8 Å². The minimum absolute atomic E-state index is 0.0293. The summed E-state index contributed by atoms with van der Waals surface area (Å²) in [7, 11) is 1.45. The van der Waals surface area contributed by atoms with Crippen LogP contribution in [0.25, 0.3) is 5.76 Å². The Hall–Kier alpha value is -3.51. The van der Waals surface area contributed by atoms with E-state index < -0.39 is 17.7 Å². The second-order valence-corrected chi connectivity index (χ2v) is 7.20. The van der Waals surface area contributed by atoms with Crippen LogP contribution in [0.3, 0.4) is 0 Å². The van der Waals surface area contributed by atoms with Crippen molar-refractivity contribution in [3.05, 3.63) is 94.4 Å². The van der Waals surface area contributed by atoms with Crippen LogP contribution in [-0.4, -0.2) is 28.8 Å². The normalized spacial score (nSPS) is 18.1. The Morgan fingerprint density at radius 1 is 1.13 bits per heavy atom. The molecule has 0 bridgehead atoms. The molecule has 1 atom stereocenters. The Morgan fingerprint density at radius 3 is 2.57 bits per heavy atom. The first-order chi connectivity index (χ1) is 14.5. The molecule has 7 heteroatoms. The van der Waals surface area contributed by atoms with Crippen LogP contribution in [0.2, 0.25) is 5.02 Å². The largest absolute Gasteiger partial charge is 0.507 e. The van der Waals surface area contributed by atoms with Gasteiger partial charge in [-0.3, -0.25) is 9.59 Å². The third kappa shape index (κ3) is 3.46. The highest BCUT2D eigenvalue weighted by atomic mass is 35.5. The second-order valence-electron chi connectivity index (χ2n) is 6.76. The summed E-state index contributed by atoms with van der Waals surface area (Å²) in [5.41, 5.74) is 0.894. The predicted molar refractivity (Wildman–Crippen MR) is 111 cm³/mol. The third-order valence-electron chi connectivity index (χ3n) is 4.98. The minimum atomic E-state index is -0.792. The van der Waals surface area contributed by atoms with E-state index in [0.717, 1.165) is 0 Å². The molecule has 152 valence electrons. The number of carbonyl (C=O) groups is 2. The lowest BCUT2D eigenvalue weighted by molar-refractivity contribution is -0.140. The molecule has 1 amide bonds. The van der Waals surface area contributed by atoms with Gasteiger partial charge in [-0.25, -0.2) is 0 Å². The van der Waals surface area contributed by atoms with E-state index >= 15 is 0 Å². The zero-order valence-corrected chi connectivity index (χ0v) is 16.8. The molecule has 1 aliphatic heterocycles. The van der Waals surface area contributed by atoms with Gasteiger partial charge in [0.05, 0.1) is 37.1 Å². The molecule has 0 aliphatic carbocycles. The Balaban J connectivity index is 1.90. The van der Waals surface area contributed by atoms with Gasteiger partial charge in [-0.2, -0.15) is 0 Å². The minimum Gasteiger partial charge on any atom is -0.507 e. The topological polar surface area (TPSA) is 80.0 Å². The van der Waals surface area contributed by atoms with Crippen molar-refractivity contribution in [2.24, 2.45) is 0 Å². The number of amides is 1. The van der Waals surface area contributed by atoms with Crippen molar-refractivity contribution in [3.8, 4) is 5.75 Å². The molecular weight excluding hydrogens is 406 g/mol. The first-order valence-corrected chi connectivity index (χ1v) is 9.58. The molecule has 0 saturated carbocycles. The van der Waals surface area contributed by atoms with E-state index in [1.165, 1.54) is 24.3 Å². The number of hydrogen-bond donors (Lipinski definition) is 1. The number of ether oxygens (including phenoxy) is 1. The van der Waals surface area contributed by atoms with Crippen molar-refractivity contribution < 1.29 is 23.8 Å².